The molecule has 2 aromatic carbocycles. The van der Waals surface area contributed by atoms with E-state index in [4.69, 9.17) is 4.98 Å². The van der Waals surface area contributed by atoms with Crippen LogP contribution in [0.2, 0.25) is 0 Å². The standard InChI is InChI=1S/C25H20BrN5O/c1-14-23(15(2)31(3)30-14)22-13-18(16-7-4-5-9-20(16)28-22)25(32)29-21-11-10-19(26)17-8-6-12-27-24(17)21/h4-13H,1-3H3,(H,29,32). The predicted molar refractivity (Wildman–Crippen MR) is 131 cm³/mol. The molecule has 5 aromatic rings. The van der Waals surface area contributed by atoms with Crippen LogP contribution in [0, 0.1) is 13.8 Å². The normalized spacial score (nSPS) is 11.2. The van der Waals surface area contributed by atoms with Crippen molar-refractivity contribution in [2.75, 3.05) is 5.32 Å². The summed E-state index contributed by atoms with van der Waals surface area (Å²) in [6.45, 7) is 3.96. The van der Waals surface area contributed by atoms with E-state index in [0.29, 0.717) is 11.3 Å². The molecule has 158 valence electrons. The molecule has 0 radical (unpaired) electrons. The second-order valence-electron chi connectivity index (χ2n) is 7.69. The van der Waals surface area contributed by atoms with Crippen LogP contribution in [0.5, 0.6) is 0 Å². The summed E-state index contributed by atoms with van der Waals surface area (Å²) in [5.41, 5.74) is 6.26. The fourth-order valence-electron chi connectivity index (χ4n) is 4.06. The molecule has 0 spiro atoms. The van der Waals surface area contributed by atoms with E-state index in [1.165, 1.54) is 0 Å². The van der Waals surface area contributed by atoms with Gasteiger partial charge in [0.05, 0.1) is 33.7 Å². The molecule has 0 unspecified atom stereocenters. The molecule has 0 atom stereocenters. The van der Waals surface area contributed by atoms with Crippen molar-refractivity contribution in [2.24, 2.45) is 7.05 Å². The maximum Gasteiger partial charge on any atom is 0.256 e. The van der Waals surface area contributed by atoms with Crippen LogP contribution >= 0.6 is 15.9 Å². The molecule has 3 aromatic heterocycles. The molecule has 5 rings (SSSR count). The van der Waals surface area contributed by atoms with Gasteiger partial charge < -0.3 is 5.32 Å². The quantitative estimate of drug-likeness (QED) is 0.349. The molecule has 0 saturated carbocycles. The SMILES string of the molecule is Cc1nn(C)c(C)c1-c1cc(C(=O)Nc2ccc(Br)c3cccnc23)c2ccccc2n1. The largest absolute Gasteiger partial charge is 0.320 e. The van der Waals surface area contributed by atoms with Crippen LogP contribution in [0.15, 0.2) is 65.3 Å². The minimum absolute atomic E-state index is 0.210. The van der Waals surface area contributed by atoms with Gasteiger partial charge in [0.25, 0.3) is 5.91 Å². The molecule has 0 aliphatic carbocycles. The number of aromatic nitrogens is 4. The maximum absolute atomic E-state index is 13.5. The van der Waals surface area contributed by atoms with Crippen LogP contribution in [0.4, 0.5) is 5.69 Å². The number of nitrogens with zero attached hydrogens (tertiary/aromatic N) is 4. The Bertz CT molecular complexity index is 1520. The van der Waals surface area contributed by atoms with Crippen molar-refractivity contribution in [1.82, 2.24) is 19.7 Å². The van der Waals surface area contributed by atoms with Crippen LogP contribution in [0.1, 0.15) is 21.7 Å². The summed E-state index contributed by atoms with van der Waals surface area (Å²) < 4.78 is 2.76. The number of benzene rings is 2. The summed E-state index contributed by atoms with van der Waals surface area (Å²) in [6.07, 6.45) is 1.72. The Morgan fingerprint density at radius 3 is 2.59 bits per heavy atom. The van der Waals surface area contributed by atoms with E-state index in [-0.39, 0.29) is 5.91 Å². The molecule has 7 heteroatoms. The molecule has 3 heterocycles. The third-order valence-corrected chi connectivity index (χ3v) is 6.38. The van der Waals surface area contributed by atoms with Gasteiger partial charge in [0, 0.05) is 39.7 Å². The zero-order valence-electron chi connectivity index (χ0n) is 17.8. The fourth-order valence-corrected chi connectivity index (χ4v) is 4.52. The molecule has 0 fully saturated rings. The van der Waals surface area contributed by atoms with E-state index < -0.39 is 0 Å². The number of hydrogen-bond donors (Lipinski definition) is 1. The lowest BCUT2D eigenvalue weighted by molar-refractivity contribution is 0.102. The number of halogens is 1. The van der Waals surface area contributed by atoms with Crippen molar-refractivity contribution >= 4 is 49.3 Å². The summed E-state index contributed by atoms with van der Waals surface area (Å²) in [7, 11) is 1.91. The van der Waals surface area contributed by atoms with Crippen LogP contribution in [-0.2, 0) is 7.05 Å². The third-order valence-electron chi connectivity index (χ3n) is 5.69. The van der Waals surface area contributed by atoms with Gasteiger partial charge in [0.15, 0.2) is 0 Å². The first-order valence-corrected chi connectivity index (χ1v) is 11.0. The van der Waals surface area contributed by atoms with E-state index in [9.17, 15) is 4.79 Å². The van der Waals surface area contributed by atoms with Gasteiger partial charge >= 0.3 is 0 Å². The molecule has 0 saturated heterocycles. The average molecular weight is 486 g/mol. The first-order valence-electron chi connectivity index (χ1n) is 10.2. The Morgan fingerprint density at radius 2 is 1.81 bits per heavy atom. The van der Waals surface area contributed by atoms with Crippen LogP contribution in [0.3, 0.4) is 0 Å². The highest BCUT2D eigenvalue weighted by Crippen LogP contribution is 2.31. The van der Waals surface area contributed by atoms with E-state index in [1.807, 2.05) is 80.2 Å². The van der Waals surface area contributed by atoms with Crippen LogP contribution in [-0.4, -0.2) is 25.7 Å². The first-order chi connectivity index (χ1) is 15.4. The Morgan fingerprint density at radius 1 is 1.03 bits per heavy atom. The highest BCUT2D eigenvalue weighted by molar-refractivity contribution is 9.10. The van der Waals surface area contributed by atoms with Crippen molar-refractivity contribution in [3.8, 4) is 11.3 Å². The van der Waals surface area contributed by atoms with Gasteiger partial charge in [0.1, 0.15) is 0 Å². The Balaban J connectivity index is 1.66. The molecule has 1 amide bonds. The topological polar surface area (TPSA) is 72.7 Å². The molecule has 1 N–H and O–H groups in total. The monoisotopic (exact) mass is 485 g/mol. The lowest BCUT2D eigenvalue weighted by Gasteiger charge is -2.12. The number of hydrogen-bond acceptors (Lipinski definition) is 4. The summed E-state index contributed by atoms with van der Waals surface area (Å²) in [5, 5.41) is 9.31. The molecule has 6 nitrogen and oxygen atoms in total. The highest BCUT2D eigenvalue weighted by Gasteiger charge is 2.19. The van der Waals surface area contributed by atoms with Gasteiger partial charge in [-0.15, -0.1) is 0 Å². The van der Waals surface area contributed by atoms with Crippen LogP contribution in [0.25, 0.3) is 33.1 Å². The summed E-state index contributed by atoms with van der Waals surface area (Å²) >= 11 is 3.56. The molecular formula is C25H20BrN5O. The van der Waals surface area contributed by atoms with Crippen molar-refractivity contribution in [3.05, 3.63) is 82.2 Å². The number of para-hydroxylation sites is 1. The lowest BCUT2D eigenvalue weighted by Crippen LogP contribution is -2.14. The molecular weight excluding hydrogens is 466 g/mol. The van der Waals surface area contributed by atoms with E-state index in [2.05, 4.69) is 31.3 Å². The van der Waals surface area contributed by atoms with Gasteiger partial charge in [-0.3, -0.25) is 14.5 Å². The number of anilines is 1. The number of nitrogens with one attached hydrogen (secondary N) is 1. The van der Waals surface area contributed by atoms with E-state index >= 15 is 0 Å². The van der Waals surface area contributed by atoms with Gasteiger partial charge in [-0.2, -0.15) is 5.10 Å². The highest BCUT2D eigenvalue weighted by atomic mass is 79.9. The third kappa shape index (κ3) is 3.35. The van der Waals surface area contributed by atoms with E-state index in [0.717, 1.165) is 48.9 Å². The van der Waals surface area contributed by atoms with Gasteiger partial charge in [-0.25, -0.2) is 4.98 Å². The number of carbonyl (C=O) groups is 1. The Kier molecular flexibility index (Phi) is 4.98. The summed E-state index contributed by atoms with van der Waals surface area (Å²) in [5.74, 6) is -0.210. The Labute approximate surface area is 193 Å². The van der Waals surface area contributed by atoms with Gasteiger partial charge in [-0.05, 0) is 44.2 Å². The molecule has 0 aliphatic rings. The molecule has 0 bridgehead atoms. The van der Waals surface area contributed by atoms with Crippen LogP contribution < -0.4 is 5.32 Å². The average Bonchev–Trinajstić information content (AvgIpc) is 3.06. The number of amides is 1. The lowest BCUT2D eigenvalue weighted by atomic mass is 10.0. The van der Waals surface area contributed by atoms with Gasteiger partial charge in [0.2, 0.25) is 0 Å². The second-order valence-corrected chi connectivity index (χ2v) is 8.54. The summed E-state index contributed by atoms with van der Waals surface area (Å²) in [6, 6.07) is 17.1. The Hall–Kier alpha value is -3.58. The van der Waals surface area contributed by atoms with Crippen molar-refractivity contribution < 1.29 is 4.79 Å². The molecule has 0 aliphatic heterocycles. The second kappa shape index (κ2) is 7.84. The fraction of sp³-hybridized carbons (Fsp3) is 0.120. The summed E-state index contributed by atoms with van der Waals surface area (Å²) in [4.78, 5) is 22.8. The zero-order chi connectivity index (χ0) is 22.4. The number of pyridine rings is 2. The minimum atomic E-state index is -0.210. The smallest absolute Gasteiger partial charge is 0.256 e. The van der Waals surface area contributed by atoms with Crippen molar-refractivity contribution in [1.29, 1.82) is 0 Å². The minimum Gasteiger partial charge on any atom is -0.320 e. The molecule has 32 heavy (non-hydrogen) atoms. The zero-order valence-corrected chi connectivity index (χ0v) is 19.4. The van der Waals surface area contributed by atoms with Crippen molar-refractivity contribution in [3.63, 3.8) is 0 Å². The number of aryl methyl sites for hydroxylation is 2. The number of carbonyl (C=O) groups excluding carboxylic acids is 1. The number of fused-ring (bicyclic) bond motifs is 2. The van der Waals surface area contributed by atoms with Crippen molar-refractivity contribution in [2.45, 2.75) is 13.8 Å². The van der Waals surface area contributed by atoms with E-state index in [1.54, 1.807) is 6.20 Å². The first kappa shape index (κ1) is 20.3. The predicted octanol–water partition coefficient (Wildman–Crippen LogP) is 5.82. The number of rotatable bonds is 3. The van der Waals surface area contributed by atoms with Gasteiger partial charge in [-0.1, -0.05) is 40.2 Å². The maximum atomic E-state index is 13.5.